The molecule has 8 aromatic carbocycles. The Morgan fingerprint density at radius 1 is 0.353 bits per heavy atom. The van der Waals surface area contributed by atoms with Crippen molar-refractivity contribution in [3.05, 3.63) is 182 Å². The van der Waals surface area contributed by atoms with E-state index in [1.807, 2.05) is 11.3 Å². The average molecular weight is 667 g/mol. The molecular formula is C48H30N2S. The lowest BCUT2D eigenvalue weighted by atomic mass is 10.0. The molecule has 0 radical (unpaired) electrons. The summed E-state index contributed by atoms with van der Waals surface area (Å²) in [5.74, 6) is 0. The van der Waals surface area contributed by atoms with Gasteiger partial charge in [-0.2, -0.15) is 0 Å². The fourth-order valence-corrected chi connectivity index (χ4v) is 9.50. The Morgan fingerprint density at radius 2 is 1.00 bits per heavy atom. The van der Waals surface area contributed by atoms with Crippen molar-refractivity contribution in [2.45, 2.75) is 0 Å². The zero-order valence-electron chi connectivity index (χ0n) is 27.6. The monoisotopic (exact) mass is 666 g/mol. The van der Waals surface area contributed by atoms with E-state index in [2.05, 4.69) is 191 Å². The van der Waals surface area contributed by atoms with Gasteiger partial charge in [0.2, 0.25) is 0 Å². The van der Waals surface area contributed by atoms with Crippen molar-refractivity contribution in [2.75, 3.05) is 0 Å². The highest BCUT2D eigenvalue weighted by Gasteiger charge is 2.21. The van der Waals surface area contributed by atoms with E-state index in [0.717, 1.165) is 11.4 Å². The second-order valence-electron chi connectivity index (χ2n) is 13.3. The summed E-state index contributed by atoms with van der Waals surface area (Å²) in [7, 11) is 0. The Hall–Kier alpha value is -6.42. The lowest BCUT2D eigenvalue weighted by Crippen LogP contribution is -1.95. The van der Waals surface area contributed by atoms with Gasteiger partial charge in [0.25, 0.3) is 0 Å². The molecule has 51 heavy (non-hydrogen) atoms. The van der Waals surface area contributed by atoms with Crippen LogP contribution in [-0.4, -0.2) is 9.13 Å². The van der Waals surface area contributed by atoms with Crippen LogP contribution in [0.3, 0.4) is 0 Å². The van der Waals surface area contributed by atoms with Gasteiger partial charge in [-0.05, 0) is 76.9 Å². The summed E-state index contributed by atoms with van der Waals surface area (Å²) in [6, 6.07) is 66.6. The first-order chi connectivity index (χ1) is 25.3. The summed E-state index contributed by atoms with van der Waals surface area (Å²) < 4.78 is 7.58. The van der Waals surface area contributed by atoms with Crippen LogP contribution < -0.4 is 0 Å². The average Bonchev–Trinajstić information content (AvgIpc) is 3.86. The molecule has 0 fully saturated rings. The number of hydrogen-bond donors (Lipinski definition) is 0. The molecule has 0 unspecified atom stereocenters. The Kier molecular flexibility index (Phi) is 6.16. The molecule has 11 rings (SSSR count). The molecule has 0 aliphatic carbocycles. The molecular weight excluding hydrogens is 637 g/mol. The van der Waals surface area contributed by atoms with Crippen LogP contribution >= 0.6 is 11.3 Å². The van der Waals surface area contributed by atoms with Crippen molar-refractivity contribution >= 4 is 75.1 Å². The number of hydrogen-bond acceptors (Lipinski definition) is 1. The molecule has 0 saturated carbocycles. The molecule has 0 N–H and O–H groups in total. The molecule has 3 aromatic heterocycles. The maximum absolute atomic E-state index is 2.49. The molecule has 0 aliphatic rings. The van der Waals surface area contributed by atoms with Crippen molar-refractivity contribution in [1.29, 1.82) is 0 Å². The largest absolute Gasteiger partial charge is 0.309 e. The third kappa shape index (κ3) is 4.22. The van der Waals surface area contributed by atoms with Crippen LogP contribution in [-0.2, 0) is 0 Å². The smallest absolute Gasteiger partial charge is 0.0641 e. The number of benzene rings is 8. The van der Waals surface area contributed by atoms with Gasteiger partial charge in [0.15, 0.2) is 0 Å². The van der Waals surface area contributed by atoms with Crippen molar-refractivity contribution < 1.29 is 0 Å². The summed E-state index contributed by atoms with van der Waals surface area (Å²) >= 11 is 1.88. The Balaban J connectivity index is 1.20. The van der Waals surface area contributed by atoms with Crippen LogP contribution in [0.1, 0.15) is 0 Å². The molecule has 11 aromatic rings. The van der Waals surface area contributed by atoms with Crippen molar-refractivity contribution in [2.24, 2.45) is 0 Å². The number of aromatic nitrogens is 2. The number of nitrogens with zero attached hydrogens (tertiary/aromatic N) is 2. The second-order valence-corrected chi connectivity index (χ2v) is 14.4. The minimum atomic E-state index is 1.15. The van der Waals surface area contributed by atoms with Gasteiger partial charge in [0.1, 0.15) is 0 Å². The second kappa shape index (κ2) is 11.0. The molecule has 0 amide bonds. The topological polar surface area (TPSA) is 9.86 Å². The summed E-state index contributed by atoms with van der Waals surface area (Å²) in [4.78, 5) is 0. The third-order valence-electron chi connectivity index (χ3n) is 10.5. The van der Waals surface area contributed by atoms with Crippen molar-refractivity contribution in [3.8, 4) is 33.6 Å². The summed E-state index contributed by atoms with van der Waals surface area (Å²) in [6.45, 7) is 0. The van der Waals surface area contributed by atoms with Crippen LogP contribution in [0.4, 0.5) is 0 Å². The van der Waals surface area contributed by atoms with E-state index in [1.54, 1.807) is 0 Å². The Morgan fingerprint density at radius 3 is 1.84 bits per heavy atom. The van der Waals surface area contributed by atoms with Crippen molar-refractivity contribution in [1.82, 2.24) is 9.13 Å². The third-order valence-corrected chi connectivity index (χ3v) is 11.7. The maximum atomic E-state index is 2.49. The summed E-state index contributed by atoms with van der Waals surface area (Å²) in [6.07, 6.45) is 0. The van der Waals surface area contributed by atoms with Gasteiger partial charge >= 0.3 is 0 Å². The van der Waals surface area contributed by atoms with Crippen LogP contribution in [0.2, 0.25) is 0 Å². The predicted molar refractivity (Wildman–Crippen MR) is 219 cm³/mol. The van der Waals surface area contributed by atoms with Crippen LogP contribution in [0.25, 0.3) is 97.4 Å². The molecule has 0 atom stereocenters. The number of thiophene rings is 1. The van der Waals surface area contributed by atoms with E-state index < -0.39 is 0 Å². The quantitative estimate of drug-likeness (QED) is 0.177. The van der Waals surface area contributed by atoms with E-state index in [4.69, 9.17) is 0 Å². The minimum absolute atomic E-state index is 1.15. The first kappa shape index (κ1) is 28.4. The molecule has 3 heteroatoms. The van der Waals surface area contributed by atoms with Gasteiger partial charge in [-0.1, -0.05) is 127 Å². The first-order valence-electron chi connectivity index (χ1n) is 17.4. The van der Waals surface area contributed by atoms with Gasteiger partial charge < -0.3 is 9.13 Å². The zero-order chi connectivity index (χ0) is 33.5. The lowest BCUT2D eigenvalue weighted by molar-refractivity contribution is 1.17. The highest BCUT2D eigenvalue weighted by Crippen LogP contribution is 2.44. The van der Waals surface area contributed by atoms with E-state index >= 15 is 0 Å². The van der Waals surface area contributed by atoms with Gasteiger partial charge in [0, 0.05) is 53.1 Å². The highest BCUT2D eigenvalue weighted by atomic mass is 32.1. The SMILES string of the molecule is c1ccc(-c2ccc3c(c2)c2ccc4c(c5ccccc5n4-c4ccccc4)c2n3-c2ccc(-c3cccc4c3sc3ccccc34)cc2)cc1. The highest BCUT2D eigenvalue weighted by molar-refractivity contribution is 7.26. The Labute approximate surface area is 298 Å². The maximum Gasteiger partial charge on any atom is 0.0641 e. The van der Waals surface area contributed by atoms with Gasteiger partial charge in [-0.3, -0.25) is 0 Å². The lowest BCUT2D eigenvalue weighted by Gasteiger charge is -2.12. The van der Waals surface area contributed by atoms with E-state index in [-0.39, 0.29) is 0 Å². The van der Waals surface area contributed by atoms with E-state index in [1.165, 1.54) is 86.0 Å². The van der Waals surface area contributed by atoms with Crippen LogP contribution in [0.5, 0.6) is 0 Å². The molecule has 0 saturated heterocycles. The standard InChI is InChI=1S/C48H30N2S/c1-3-12-31(13-4-1)33-24-28-43-41(30-33)38-27-29-44-46(40-17-7-9-20-42(40)49(44)34-14-5-2-6-15-34)47(38)50(43)35-25-22-32(23-26-35)36-18-11-19-39-37-16-8-10-21-45(37)51-48(36)39/h1-30H. The summed E-state index contributed by atoms with van der Waals surface area (Å²) in [5, 5.41) is 7.68. The van der Waals surface area contributed by atoms with Gasteiger partial charge in [0.05, 0.1) is 22.1 Å². The zero-order valence-corrected chi connectivity index (χ0v) is 28.4. The fourth-order valence-electron chi connectivity index (χ4n) is 8.26. The molecule has 2 nitrogen and oxygen atoms in total. The molecule has 3 heterocycles. The molecule has 0 aliphatic heterocycles. The number of fused-ring (bicyclic) bond motifs is 10. The number of rotatable bonds is 4. The van der Waals surface area contributed by atoms with Gasteiger partial charge in [-0.15, -0.1) is 11.3 Å². The molecule has 238 valence electrons. The minimum Gasteiger partial charge on any atom is -0.309 e. The first-order valence-corrected chi connectivity index (χ1v) is 18.3. The van der Waals surface area contributed by atoms with Crippen molar-refractivity contribution in [3.63, 3.8) is 0 Å². The van der Waals surface area contributed by atoms with Crippen LogP contribution in [0, 0.1) is 0 Å². The molecule has 0 bridgehead atoms. The molecule has 0 spiro atoms. The van der Waals surface area contributed by atoms with Crippen LogP contribution in [0.15, 0.2) is 182 Å². The van der Waals surface area contributed by atoms with Gasteiger partial charge in [-0.25, -0.2) is 0 Å². The summed E-state index contributed by atoms with van der Waals surface area (Å²) in [5.41, 5.74) is 12.1. The number of para-hydroxylation sites is 2. The Bertz CT molecular complexity index is 3110. The van der Waals surface area contributed by atoms with E-state index in [0.29, 0.717) is 0 Å². The van der Waals surface area contributed by atoms with E-state index in [9.17, 15) is 0 Å². The normalized spacial score (nSPS) is 11.9. The predicted octanol–water partition coefficient (Wildman–Crippen LogP) is 13.6. The fraction of sp³-hybridized carbons (Fsp3) is 0.